The van der Waals surface area contributed by atoms with E-state index < -0.39 is 72.0 Å². The van der Waals surface area contributed by atoms with E-state index in [4.69, 9.17) is 0 Å². The molecule has 1 aliphatic rings. The summed E-state index contributed by atoms with van der Waals surface area (Å²) < 4.78 is 0. The summed E-state index contributed by atoms with van der Waals surface area (Å²) in [5, 5.41) is 61.2. The van der Waals surface area contributed by atoms with Crippen LogP contribution in [0.2, 0.25) is 0 Å². The number of unbranched alkanes of at least 4 members (excludes halogenated alkanes) is 4. The van der Waals surface area contributed by atoms with E-state index in [1.807, 2.05) is 0 Å². The molecule has 0 bridgehead atoms. The van der Waals surface area contributed by atoms with Crippen LogP contribution < -0.4 is 21.3 Å². The van der Waals surface area contributed by atoms with Gasteiger partial charge in [0.2, 0.25) is 17.7 Å². The summed E-state index contributed by atoms with van der Waals surface area (Å²) in [7, 11) is 1.63. The molecule has 0 spiro atoms. The molecule has 9 N–H and O–H groups in total. The Morgan fingerprint density at radius 1 is 0.792 bits per heavy atom. The molecule has 2 aromatic carbocycles. The van der Waals surface area contributed by atoms with Crippen molar-refractivity contribution in [3.63, 3.8) is 0 Å². The Morgan fingerprint density at radius 2 is 1.36 bits per heavy atom. The maximum atomic E-state index is 13.8. The normalized spacial score (nSPS) is 17.5. The highest BCUT2D eigenvalue weighted by atomic mass is 16.4. The number of phenolic OH excluding ortho intramolecular Hbond substituents is 2. The van der Waals surface area contributed by atoms with E-state index in [0.29, 0.717) is 24.0 Å². The van der Waals surface area contributed by atoms with Gasteiger partial charge in [0.25, 0.3) is 5.91 Å². The average molecular weight is 742 g/mol. The van der Waals surface area contributed by atoms with Gasteiger partial charge >= 0.3 is 5.97 Å². The summed E-state index contributed by atoms with van der Waals surface area (Å²) in [6.45, 7) is 3.55. The van der Waals surface area contributed by atoms with Crippen molar-refractivity contribution < 1.29 is 49.5 Å². The zero-order chi connectivity index (χ0) is 39.1. The number of nitrogens with zero attached hydrogens (tertiary/aromatic N) is 1. The van der Waals surface area contributed by atoms with Crippen molar-refractivity contribution in [1.29, 1.82) is 0 Å². The molecule has 0 radical (unpaired) electrons. The van der Waals surface area contributed by atoms with Crippen LogP contribution in [0, 0.1) is 0 Å². The number of hydrogen-bond donors (Lipinski definition) is 9. The monoisotopic (exact) mass is 741 g/mol. The second-order valence-corrected chi connectivity index (χ2v) is 13.7. The van der Waals surface area contributed by atoms with Gasteiger partial charge in [-0.3, -0.25) is 19.2 Å². The van der Waals surface area contributed by atoms with Gasteiger partial charge < -0.3 is 51.7 Å². The predicted octanol–water partition coefficient (Wildman–Crippen LogP) is 1.10. The molecule has 4 amide bonds. The van der Waals surface area contributed by atoms with Crippen molar-refractivity contribution in [3.05, 3.63) is 59.7 Å². The average Bonchev–Trinajstić information content (AvgIpc) is 3.63. The van der Waals surface area contributed by atoms with Gasteiger partial charge in [0.1, 0.15) is 41.8 Å². The molecule has 2 aromatic rings. The molecular formula is C38H55N5O10. The van der Waals surface area contributed by atoms with Crippen LogP contribution in [0.3, 0.4) is 0 Å². The van der Waals surface area contributed by atoms with Crippen LogP contribution in [0.5, 0.6) is 11.5 Å². The van der Waals surface area contributed by atoms with Crippen molar-refractivity contribution in [2.24, 2.45) is 0 Å². The van der Waals surface area contributed by atoms with E-state index in [1.165, 1.54) is 48.2 Å². The SMILES string of the molecule is CCCCCCCC(NC)C(O)C(=O)NC(C(=O)N1CCCC1C(=O)NC(Cc1ccc(O)cc1)C(=O)NC(Cc1ccc(O)cc1)C(=O)O)C(C)O. The van der Waals surface area contributed by atoms with Crippen molar-refractivity contribution in [3.8, 4) is 11.5 Å². The highest BCUT2D eigenvalue weighted by Crippen LogP contribution is 2.21. The van der Waals surface area contributed by atoms with Crippen molar-refractivity contribution in [2.75, 3.05) is 13.6 Å². The number of aliphatic carboxylic acids is 1. The summed E-state index contributed by atoms with van der Waals surface area (Å²) in [6.07, 6.45) is 3.06. The molecule has 1 heterocycles. The van der Waals surface area contributed by atoms with Gasteiger partial charge in [-0.2, -0.15) is 0 Å². The number of benzene rings is 2. The van der Waals surface area contributed by atoms with Gasteiger partial charge in [-0.25, -0.2) is 4.79 Å². The lowest BCUT2D eigenvalue weighted by Crippen LogP contribution is -2.61. The van der Waals surface area contributed by atoms with E-state index in [0.717, 1.165) is 32.1 Å². The largest absolute Gasteiger partial charge is 0.508 e. The van der Waals surface area contributed by atoms with E-state index in [-0.39, 0.29) is 37.3 Å². The Bertz CT molecular complexity index is 1500. The lowest BCUT2D eigenvalue weighted by atomic mass is 10.0. The lowest BCUT2D eigenvalue weighted by Gasteiger charge is -2.32. The van der Waals surface area contributed by atoms with E-state index in [1.54, 1.807) is 19.2 Å². The van der Waals surface area contributed by atoms with Crippen LogP contribution in [0.25, 0.3) is 0 Å². The molecule has 15 nitrogen and oxygen atoms in total. The van der Waals surface area contributed by atoms with Crippen LogP contribution in [0.1, 0.15) is 76.3 Å². The quantitative estimate of drug-likeness (QED) is 0.0822. The summed E-state index contributed by atoms with van der Waals surface area (Å²) >= 11 is 0. The first-order valence-corrected chi connectivity index (χ1v) is 18.3. The van der Waals surface area contributed by atoms with Crippen LogP contribution in [-0.4, -0.2) is 116 Å². The number of aliphatic hydroxyl groups is 2. The van der Waals surface area contributed by atoms with Crippen LogP contribution >= 0.6 is 0 Å². The molecule has 0 aromatic heterocycles. The number of phenols is 2. The maximum Gasteiger partial charge on any atom is 0.326 e. The third-order valence-corrected chi connectivity index (χ3v) is 9.52. The Balaban J connectivity index is 1.75. The molecule has 3 rings (SSSR count). The molecule has 1 fully saturated rings. The second-order valence-electron chi connectivity index (χ2n) is 13.7. The first-order chi connectivity index (χ1) is 25.2. The highest BCUT2D eigenvalue weighted by Gasteiger charge is 2.41. The van der Waals surface area contributed by atoms with E-state index in [2.05, 4.69) is 28.2 Å². The fraction of sp³-hybridized carbons (Fsp3) is 0.553. The minimum absolute atomic E-state index is 0.00792. The number of rotatable bonds is 21. The highest BCUT2D eigenvalue weighted by molar-refractivity contribution is 5.96. The minimum atomic E-state index is -1.50. The summed E-state index contributed by atoms with van der Waals surface area (Å²) in [4.78, 5) is 67.8. The topological polar surface area (TPSA) is 238 Å². The number of carboxylic acids is 1. The minimum Gasteiger partial charge on any atom is -0.508 e. The summed E-state index contributed by atoms with van der Waals surface area (Å²) in [5.41, 5.74) is 1.08. The first-order valence-electron chi connectivity index (χ1n) is 18.3. The van der Waals surface area contributed by atoms with Crippen LogP contribution in [0.15, 0.2) is 48.5 Å². The molecular weight excluding hydrogens is 686 g/mol. The summed E-state index contributed by atoms with van der Waals surface area (Å²) in [6, 6.07) is 5.93. The van der Waals surface area contributed by atoms with Crippen molar-refractivity contribution in [2.45, 2.75) is 120 Å². The molecule has 7 unspecified atom stereocenters. The van der Waals surface area contributed by atoms with Gasteiger partial charge in [-0.05, 0) is 68.6 Å². The van der Waals surface area contributed by atoms with Gasteiger partial charge in [0.15, 0.2) is 0 Å². The van der Waals surface area contributed by atoms with E-state index in [9.17, 15) is 49.5 Å². The number of likely N-dealkylation sites (N-methyl/N-ethyl adjacent to an activating group) is 1. The van der Waals surface area contributed by atoms with Gasteiger partial charge in [0.05, 0.1) is 6.10 Å². The molecule has 0 saturated carbocycles. The van der Waals surface area contributed by atoms with Crippen molar-refractivity contribution in [1.82, 2.24) is 26.2 Å². The molecule has 53 heavy (non-hydrogen) atoms. The summed E-state index contributed by atoms with van der Waals surface area (Å²) in [5.74, 6) is -4.43. The number of aromatic hydroxyl groups is 2. The number of nitrogens with one attached hydrogen (secondary N) is 4. The Labute approximate surface area is 310 Å². The molecule has 7 atom stereocenters. The molecule has 1 aliphatic heterocycles. The second kappa shape index (κ2) is 21.1. The fourth-order valence-electron chi connectivity index (χ4n) is 6.40. The number of aliphatic hydroxyl groups excluding tert-OH is 2. The number of carbonyl (C=O) groups is 5. The number of carbonyl (C=O) groups excluding carboxylic acids is 4. The van der Waals surface area contributed by atoms with Crippen molar-refractivity contribution >= 4 is 29.6 Å². The molecule has 0 aliphatic carbocycles. The zero-order valence-electron chi connectivity index (χ0n) is 30.7. The Hall–Kier alpha value is -4.73. The lowest BCUT2D eigenvalue weighted by molar-refractivity contribution is -0.146. The first kappa shape index (κ1) is 42.7. The fourth-order valence-corrected chi connectivity index (χ4v) is 6.40. The predicted molar refractivity (Wildman–Crippen MR) is 196 cm³/mol. The number of likely N-dealkylation sites (tertiary alicyclic amines) is 1. The molecule has 292 valence electrons. The standard InChI is InChI=1S/C38H55N5O10/c1-4-5-6-7-8-10-28(39-3)33(47)36(50)42-32(23(2)44)37(51)43-20-9-11-31(43)35(49)40-29(21-24-12-16-26(45)17-13-24)34(48)41-30(38(52)53)22-25-14-18-27(46)19-15-25/h12-19,23,28-33,39,44-47H,4-11,20-22H2,1-3H3,(H,40,49)(H,41,48)(H,42,50)(H,52,53). The number of amides is 4. The third kappa shape index (κ3) is 13.0. The van der Waals surface area contributed by atoms with Gasteiger partial charge in [0, 0.05) is 25.4 Å². The number of carboxylic acid groups (broad SMARTS) is 1. The Kier molecular flexibility index (Phi) is 17.0. The molecule has 15 heteroatoms. The maximum absolute atomic E-state index is 13.8. The van der Waals surface area contributed by atoms with Gasteiger partial charge in [-0.1, -0.05) is 63.3 Å². The van der Waals surface area contributed by atoms with Crippen LogP contribution in [0.4, 0.5) is 0 Å². The van der Waals surface area contributed by atoms with Crippen LogP contribution in [-0.2, 0) is 36.8 Å². The smallest absolute Gasteiger partial charge is 0.326 e. The number of hydrogen-bond acceptors (Lipinski definition) is 10. The Morgan fingerprint density at radius 3 is 1.89 bits per heavy atom. The zero-order valence-corrected chi connectivity index (χ0v) is 30.7. The van der Waals surface area contributed by atoms with Gasteiger partial charge in [-0.15, -0.1) is 0 Å². The molecule has 1 saturated heterocycles. The van der Waals surface area contributed by atoms with E-state index >= 15 is 0 Å². The third-order valence-electron chi connectivity index (χ3n) is 9.52.